The minimum Gasteiger partial charge on any atom is -0.376 e. The highest BCUT2D eigenvalue weighted by Gasteiger charge is 2.13. The van der Waals surface area contributed by atoms with Gasteiger partial charge < -0.3 is 9.47 Å². The molecule has 0 fully saturated rings. The molecule has 1 rings (SSSR count). The highest BCUT2D eigenvalue weighted by Crippen LogP contribution is 2.26. The third-order valence-corrected chi connectivity index (χ3v) is 3.18. The summed E-state index contributed by atoms with van der Waals surface area (Å²) in [6.45, 7) is 5.19. The molecule has 1 unspecified atom stereocenters. The van der Waals surface area contributed by atoms with E-state index in [0.29, 0.717) is 13.2 Å². The lowest BCUT2D eigenvalue weighted by Crippen LogP contribution is -2.13. The molecule has 2 nitrogen and oxygen atoms in total. The van der Waals surface area contributed by atoms with Crippen molar-refractivity contribution in [1.29, 1.82) is 0 Å². The molecule has 0 N–H and O–H groups in total. The van der Waals surface area contributed by atoms with Gasteiger partial charge in [-0.25, -0.2) is 0 Å². The fourth-order valence-corrected chi connectivity index (χ4v) is 2.22. The maximum absolute atomic E-state index is 6.13. The Morgan fingerprint density at radius 3 is 2.41 bits per heavy atom. The van der Waals surface area contributed by atoms with Gasteiger partial charge >= 0.3 is 0 Å². The van der Waals surface area contributed by atoms with Gasteiger partial charge in [-0.15, -0.1) is 0 Å². The molecule has 0 aliphatic heterocycles. The Labute approximate surface area is 116 Å². The summed E-state index contributed by atoms with van der Waals surface area (Å²) >= 11 is 9.57. The third-order valence-electron chi connectivity index (χ3n) is 2.25. The minimum atomic E-state index is -0.0283. The van der Waals surface area contributed by atoms with Crippen molar-refractivity contribution >= 4 is 27.5 Å². The highest BCUT2D eigenvalue weighted by molar-refractivity contribution is 9.09. The molecule has 1 aromatic rings. The molecule has 96 valence electrons. The first-order valence-electron chi connectivity index (χ1n) is 5.68. The van der Waals surface area contributed by atoms with Gasteiger partial charge in [0.2, 0.25) is 0 Å². The third kappa shape index (κ3) is 5.38. The predicted octanol–water partition coefficient (Wildman–Crippen LogP) is 4.22. The van der Waals surface area contributed by atoms with Crippen LogP contribution in [-0.2, 0) is 9.47 Å². The minimum absolute atomic E-state index is 0.0283. The summed E-state index contributed by atoms with van der Waals surface area (Å²) in [6.07, 6.45) is 0.209. The fraction of sp³-hybridized carbons (Fsp3) is 0.538. The Balaban J connectivity index is 2.46. The number of hydrogen-bond acceptors (Lipinski definition) is 2. The van der Waals surface area contributed by atoms with E-state index in [4.69, 9.17) is 21.1 Å². The van der Waals surface area contributed by atoms with Gasteiger partial charge in [0.15, 0.2) is 0 Å². The molecule has 0 saturated heterocycles. The number of alkyl halides is 1. The lowest BCUT2D eigenvalue weighted by Gasteiger charge is -2.17. The van der Waals surface area contributed by atoms with Crippen molar-refractivity contribution in [2.75, 3.05) is 18.5 Å². The van der Waals surface area contributed by atoms with Crippen molar-refractivity contribution in [2.45, 2.75) is 26.1 Å². The Morgan fingerprint density at radius 2 is 1.82 bits per heavy atom. The van der Waals surface area contributed by atoms with Crippen molar-refractivity contribution in [3.8, 4) is 0 Å². The Morgan fingerprint density at radius 1 is 1.18 bits per heavy atom. The van der Waals surface area contributed by atoms with Gasteiger partial charge in [0.05, 0.1) is 25.4 Å². The standard InChI is InChI=1S/C13H18BrClO2/c1-10(2)16-7-8-17-13(9-14)11-5-3-4-6-12(11)15/h3-6,10,13H,7-9H2,1-2H3. The molecule has 1 atom stereocenters. The number of hydrogen-bond donors (Lipinski definition) is 0. The average molecular weight is 322 g/mol. The normalized spacial score (nSPS) is 13.0. The highest BCUT2D eigenvalue weighted by atomic mass is 79.9. The van der Waals surface area contributed by atoms with E-state index >= 15 is 0 Å². The first kappa shape index (κ1) is 15.0. The largest absolute Gasteiger partial charge is 0.376 e. The van der Waals surface area contributed by atoms with Crippen LogP contribution in [-0.4, -0.2) is 24.6 Å². The van der Waals surface area contributed by atoms with E-state index in [2.05, 4.69) is 15.9 Å². The molecule has 0 heterocycles. The smallest absolute Gasteiger partial charge is 0.0937 e. The summed E-state index contributed by atoms with van der Waals surface area (Å²) in [5.74, 6) is 0. The summed E-state index contributed by atoms with van der Waals surface area (Å²) in [5, 5.41) is 1.46. The fourth-order valence-electron chi connectivity index (χ4n) is 1.43. The van der Waals surface area contributed by atoms with E-state index in [9.17, 15) is 0 Å². The molecule has 0 aromatic heterocycles. The SMILES string of the molecule is CC(C)OCCOC(CBr)c1ccccc1Cl. The van der Waals surface area contributed by atoms with Crippen LogP contribution in [0.15, 0.2) is 24.3 Å². The first-order valence-corrected chi connectivity index (χ1v) is 7.18. The van der Waals surface area contributed by atoms with E-state index in [-0.39, 0.29) is 12.2 Å². The summed E-state index contributed by atoms with van der Waals surface area (Å²) in [4.78, 5) is 0. The van der Waals surface area contributed by atoms with Crippen molar-refractivity contribution in [3.63, 3.8) is 0 Å². The van der Waals surface area contributed by atoms with Crippen LogP contribution >= 0.6 is 27.5 Å². The molecule has 4 heteroatoms. The molecule has 0 aliphatic rings. The molecule has 0 spiro atoms. The second kappa shape index (κ2) is 8.09. The zero-order valence-electron chi connectivity index (χ0n) is 10.2. The van der Waals surface area contributed by atoms with Gasteiger partial charge in [-0.3, -0.25) is 0 Å². The maximum Gasteiger partial charge on any atom is 0.0937 e. The molecule has 0 amide bonds. The van der Waals surface area contributed by atoms with Crippen LogP contribution in [0, 0.1) is 0 Å². The quantitative estimate of drug-likeness (QED) is 0.553. The second-order valence-electron chi connectivity index (χ2n) is 3.95. The van der Waals surface area contributed by atoms with Crippen LogP contribution in [0.3, 0.4) is 0 Å². The Kier molecular flexibility index (Phi) is 7.12. The van der Waals surface area contributed by atoms with Crippen LogP contribution < -0.4 is 0 Å². The molecular weight excluding hydrogens is 303 g/mol. The van der Waals surface area contributed by atoms with Crippen LogP contribution in [0.5, 0.6) is 0 Å². The van der Waals surface area contributed by atoms with Gasteiger partial charge in [0.25, 0.3) is 0 Å². The topological polar surface area (TPSA) is 18.5 Å². The average Bonchev–Trinajstić information content (AvgIpc) is 2.30. The monoisotopic (exact) mass is 320 g/mol. The van der Waals surface area contributed by atoms with Crippen LogP contribution in [0.2, 0.25) is 5.02 Å². The van der Waals surface area contributed by atoms with E-state index < -0.39 is 0 Å². The lowest BCUT2D eigenvalue weighted by atomic mass is 10.1. The Hall–Kier alpha value is -0.0900. The molecular formula is C13H18BrClO2. The predicted molar refractivity (Wildman–Crippen MR) is 75.0 cm³/mol. The lowest BCUT2D eigenvalue weighted by molar-refractivity contribution is -0.00550. The van der Waals surface area contributed by atoms with Gasteiger partial charge in [0, 0.05) is 15.9 Å². The van der Waals surface area contributed by atoms with Crippen LogP contribution in [0.1, 0.15) is 25.5 Å². The van der Waals surface area contributed by atoms with Crippen molar-refractivity contribution in [3.05, 3.63) is 34.9 Å². The number of benzene rings is 1. The maximum atomic E-state index is 6.13. The van der Waals surface area contributed by atoms with Crippen LogP contribution in [0.4, 0.5) is 0 Å². The number of halogens is 2. The van der Waals surface area contributed by atoms with Crippen molar-refractivity contribution in [2.24, 2.45) is 0 Å². The van der Waals surface area contributed by atoms with E-state index in [0.717, 1.165) is 15.9 Å². The van der Waals surface area contributed by atoms with Gasteiger partial charge in [-0.1, -0.05) is 45.7 Å². The molecule has 0 aliphatic carbocycles. The molecule has 0 bridgehead atoms. The molecule has 0 saturated carbocycles. The summed E-state index contributed by atoms with van der Waals surface area (Å²) in [7, 11) is 0. The van der Waals surface area contributed by atoms with E-state index in [1.165, 1.54) is 0 Å². The summed E-state index contributed by atoms with van der Waals surface area (Å²) in [6, 6.07) is 7.74. The van der Waals surface area contributed by atoms with Gasteiger partial charge in [-0.05, 0) is 19.9 Å². The zero-order valence-corrected chi connectivity index (χ0v) is 12.5. The zero-order chi connectivity index (χ0) is 12.7. The second-order valence-corrected chi connectivity index (χ2v) is 5.01. The van der Waals surface area contributed by atoms with Crippen molar-refractivity contribution < 1.29 is 9.47 Å². The summed E-state index contributed by atoms with van der Waals surface area (Å²) in [5.41, 5.74) is 1.01. The van der Waals surface area contributed by atoms with Gasteiger partial charge in [0.1, 0.15) is 0 Å². The number of ether oxygens (including phenoxy) is 2. The molecule has 0 radical (unpaired) electrons. The molecule has 17 heavy (non-hydrogen) atoms. The first-order chi connectivity index (χ1) is 8.15. The summed E-state index contributed by atoms with van der Waals surface area (Å²) < 4.78 is 11.2. The van der Waals surface area contributed by atoms with Crippen LogP contribution in [0.25, 0.3) is 0 Å². The Bertz CT molecular complexity index is 331. The molecule has 1 aromatic carbocycles. The van der Waals surface area contributed by atoms with Gasteiger partial charge in [-0.2, -0.15) is 0 Å². The number of rotatable bonds is 7. The van der Waals surface area contributed by atoms with E-state index in [1.54, 1.807) is 0 Å². The van der Waals surface area contributed by atoms with E-state index in [1.807, 2.05) is 38.1 Å². The van der Waals surface area contributed by atoms with Crippen molar-refractivity contribution in [1.82, 2.24) is 0 Å².